The minimum absolute atomic E-state index is 0.476. The molecule has 3 rings (SSSR count). The van der Waals surface area contributed by atoms with Crippen LogP contribution in [0.5, 0.6) is 0 Å². The fraction of sp³-hybridized carbons (Fsp3) is 0.250. The molecular weight excluding hydrogens is 252 g/mol. The number of halogens is 1. The second-order valence-electron chi connectivity index (χ2n) is 3.92. The van der Waals surface area contributed by atoms with Gasteiger partial charge >= 0.3 is 0 Å². The van der Waals surface area contributed by atoms with Crippen LogP contribution in [0.1, 0.15) is 11.6 Å². The number of hydrogen-bond acceptors (Lipinski definition) is 4. The first kappa shape index (κ1) is 11.2. The lowest BCUT2D eigenvalue weighted by Gasteiger charge is -1.93. The highest BCUT2D eigenvalue weighted by Crippen LogP contribution is 2.15. The first-order valence-corrected chi connectivity index (χ1v) is 6.18. The number of fused-ring (bicyclic) bond motifs is 1. The normalized spacial score (nSPS) is 11.2. The Bertz CT molecular complexity index is 628. The lowest BCUT2D eigenvalue weighted by molar-refractivity contribution is 0.485. The van der Waals surface area contributed by atoms with Crippen molar-refractivity contribution in [3.63, 3.8) is 0 Å². The Kier molecular flexibility index (Phi) is 2.98. The average molecular weight is 263 g/mol. The van der Waals surface area contributed by atoms with Crippen LogP contribution >= 0.6 is 11.6 Å². The van der Waals surface area contributed by atoms with Crippen molar-refractivity contribution >= 4 is 22.7 Å². The van der Waals surface area contributed by atoms with E-state index in [9.17, 15) is 0 Å². The highest BCUT2D eigenvalue weighted by molar-refractivity contribution is 6.17. The van der Waals surface area contributed by atoms with E-state index in [2.05, 4.69) is 15.3 Å². The van der Waals surface area contributed by atoms with Gasteiger partial charge in [0, 0.05) is 18.5 Å². The Balaban J connectivity index is 1.82. The molecule has 0 spiro atoms. The number of aryl methyl sites for hydroxylation is 1. The van der Waals surface area contributed by atoms with Crippen molar-refractivity contribution in [1.29, 1.82) is 0 Å². The minimum Gasteiger partial charge on any atom is -0.439 e. The average Bonchev–Trinajstić information content (AvgIpc) is 2.96. The molecule has 0 bridgehead atoms. The fourth-order valence-electron chi connectivity index (χ4n) is 1.75. The van der Waals surface area contributed by atoms with Crippen LogP contribution in [0.15, 0.2) is 34.9 Å². The van der Waals surface area contributed by atoms with Crippen LogP contribution in [0.4, 0.5) is 0 Å². The predicted molar refractivity (Wildman–Crippen MR) is 67.6 cm³/mol. The summed E-state index contributed by atoms with van der Waals surface area (Å²) in [5.74, 6) is 1.17. The predicted octanol–water partition coefficient (Wildman–Crippen LogP) is 2.25. The lowest BCUT2D eigenvalue weighted by Crippen LogP contribution is -2.00. The summed E-state index contributed by atoms with van der Waals surface area (Å²) < 4.78 is 7.32. The van der Waals surface area contributed by atoms with Gasteiger partial charge in [0.25, 0.3) is 0 Å². The van der Waals surface area contributed by atoms with E-state index in [-0.39, 0.29) is 0 Å². The Morgan fingerprint density at radius 2 is 2.17 bits per heavy atom. The third-order valence-corrected chi connectivity index (χ3v) is 2.76. The number of oxazole rings is 1. The van der Waals surface area contributed by atoms with E-state index in [1.165, 1.54) is 0 Å². The van der Waals surface area contributed by atoms with Gasteiger partial charge in [-0.25, -0.2) is 9.67 Å². The second kappa shape index (κ2) is 4.78. The monoisotopic (exact) mass is 262 g/mol. The molecule has 3 aromatic rings. The molecule has 18 heavy (non-hydrogen) atoms. The van der Waals surface area contributed by atoms with Crippen LogP contribution in [0.2, 0.25) is 0 Å². The van der Waals surface area contributed by atoms with Gasteiger partial charge in [0.05, 0.1) is 5.69 Å². The molecule has 0 atom stereocenters. The second-order valence-corrected chi connectivity index (χ2v) is 4.30. The lowest BCUT2D eigenvalue weighted by atomic mass is 10.3. The van der Waals surface area contributed by atoms with Crippen molar-refractivity contribution < 1.29 is 4.42 Å². The first-order valence-electron chi connectivity index (χ1n) is 5.64. The molecule has 1 aromatic carbocycles. The zero-order valence-electron chi connectivity index (χ0n) is 9.58. The number of rotatable bonds is 4. The zero-order valence-corrected chi connectivity index (χ0v) is 10.3. The molecule has 0 radical (unpaired) electrons. The summed E-state index contributed by atoms with van der Waals surface area (Å²) in [6.45, 7) is 0.476. The largest absolute Gasteiger partial charge is 0.439 e. The van der Waals surface area contributed by atoms with Crippen molar-refractivity contribution in [2.24, 2.45) is 0 Å². The van der Waals surface area contributed by atoms with Crippen LogP contribution in [-0.2, 0) is 13.0 Å². The quantitative estimate of drug-likeness (QED) is 0.677. The molecule has 2 heterocycles. The van der Waals surface area contributed by atoms with Gasteiger partial charge in [-0.15, -0.1) is 16.7 Å². The maximum absolute atomic E-state index is 5.65. The van der Waals surface area contributed by atoms with Crippen molar-refractivity contribution in [1.82, 2.24) is 20.0 Å². The van der Waals surface area contributed by atoms with Crippen molar-refractivity contribution in [2.75, 3.05) is 5.88 Å². The van der Waals surface area contributed by atoms with Gasteiger partial charge in [0.15, 0.2) is 5.58 Å². The molecule has 0 saturated heterocycles. The van der Waals surface area contributed by atoms with Crippen molar-refractivity contribution in [2.45, 2.75) is 13.0 Å². The van der Waals surface area contributed by atoms with Crippen molar-refractivity contribution in [3.05, 3.63) is 42.0 Å². The van der Waals surface area contributed by atoms with Crippen LogP contribution in [0.3, 0.4) is 0 Å². The number of hydrogen-bond donors (Lipinski definition) is 0. The van der Waals surface area contributed by atoms with E-state index < -0.39 is 0 Å². The Labute approximate surface area is 108 Å². The third-order valence-electron chi connectivity index (χ3n) is 2.57. The number of para-hydroxylation sites is 2. The van der Waals surface area contributed by atoms with E-state index in [1.807, 2.05) is 30.5 Å². The molecule has 5 nitrogen and oxygen atoms in total. The van der Waals surface area contributed by atoms with Gasteiger partial charge in [-0.1, -0.05) is 17.3 Å². The Morgan fingerprint density at radius 1 is 1.28 bits per heavy atom. The summed E-state index contributed by atoms with van der Waals surface area (Å²) >= 11 is 5.65. The summed E-state index contributed by atoms with van der Waals surface area (Å²) in [4.78, 5) is 4.38. The minimum atomic E-state index is 0.476. The SMILES string of the molecule is ClCCc1cn(Cc2nc3ccccc3o2)nn1. The summed E-state index contributed by atoms with van der Waals surface area (Å²) in [5.41, 5.74) is 2.52. The molecule has 0 N–H and O–H groups in total. The van der Waals surface area contributed by atoms with E-state index >= 15 is 0 Å². The smallest absolute Gasteiger partial charge is 0.217 e. The van der Waals surface area contributed by atoms with E-state index in [0.29, 0.717) is 18.3 Å². The highest BCUT2D eigenvalue weighted by atomic mass is 35.5. The van der Waals surface area contributed by atoms with Gasteiger partial charge in [0.2, 0.25) is 5.89 Å². The van der Waals surface area contributed by atoms with Gasteiger partial charge in [-0.2, -0.15) is 0 Å². The van der Waals surface area contributed by atoms with Crippen LogP contribution in [0.25, 0.3) is 11.1 Å². The van der Waals surface area contributed by atoms with Gasteiger partial charge in [0.1, 0.15) is 12.1 Å². The molecule has 0 aliphatic heterocycles. The number of aromatic nitrogens is 4. The summed E-state index contributed by atoms with van der Waals surface area (Å²) in [6.07, 6.45) is 2.58. The summed E-state index contributed by atoms with van der Waals surface area (Å²) in [7, 11) is 0. The van der Waals surface area contributed by atoms with Crippen LogP contribution in [-0.4, -0.2) is 25.9 Å². The molecule has 0 fully saturated rings. The number of benzene rings is 1. The molecular formula is C12H11ClN4O. The first-order chi connectivity index (χ1) is 8.85. The molecule has 0 amide bonds. The molecule has 0 saturated carbocycles. The van der Waals surface area contributed by atoms with E-state index in [1.54, 1.807) is 4.68 Å². The van der Waals surface area contributed by atoms with Crippen LogP contribution in [0, 0.1) is 0 Å². The molecule has 2 aromatic heterocycles. The standard InChI is InChI=1S/C12H11ClN4O/c13-6-5-9-7-17(16-15-9)8-12-14-10-3-1-2-4-11(10)18-12/h1-4,7H,5-6,8H2. The Hall–Kier alpha value is -1.88. The molecule has 92 valence electrons. The van der Waals surface area contributed by atoms with Gasteiger partial charge < -0.3 is 4.42 Å². The van der Waals surface area contributed by atoms with Gasteiger partial charge in [-0.3, -0.25) is 0 Å². The zero-order chi connectivity index (χ0) is 12.4. The van der Waals surface area contributed by atoms with Crippen LogP contribution < -0.4 is 0 Å². The molecule has 0 aliphatic carbocycles. The fourth-order valence-corrected chi connectivity index (χ4v) is 1.95. The highest BCUT2D eigenvalue weighted by Gasteiger charge is 2.07. The van der Waals surface area contributed by atoms with Gasteiger partial charge in [-0.05, 0) is 12.1 Å². The molecule has 0 unspecified atom stereocenters. The Morgan fingerprint density at radius 3 is 3.00 bits per heavy atom. The molecule has 6 heteroatoms. The van der Waals surface area contributed by atoms with Crippen molar-refractivity contribution in [3.8, 4) is 0 Å². The maximum atomic E-state index is 5.65. The summed E-state index contributed by atoms with van der Waals surface area (Å²) in [6, 6.07) is 7.67. The molecule has 0 aliphatic rings. The maximum Gasteiger partial charge on any atom is 0.217 e. The number of nitrogens with zero attached hydrogens (tertiary/aromatic N) is 4. The number of alkyl halides is 1. The third kappa shape index (κ3) is 2.22. The topological polar surface area (TPSA) is 56.7 Å². The van der Waals surface area contributed by atoms with E-state index in [4.69, 9.17) is 16.0 Å². The van der Waals surface area contributed by atoms with E-state index in [0.717, 1.165) is 23.2 Å². The summed E-state index contributed by atoms with van der Waals surface area (Å²) in [5, 5.41) is 8.02.